The molecule has 28 heavy (non-hydrogen) atoms. The molecule has 2 unspecified atom stereocenters. The van der Waals surface area contributed by atoms with Crippen LogP contribution in [0.4, 0.5) is 5.82 Å². The van der Waals surface area contributed by atoms with Crippen molar-refractivity contribution < 1.29 is 4.79 Å². The Morgan fingerprint density at radius 1 is 1.04 bits per heavy atom. The van der Waals surface area contributed by atoms with Crippen LogP contribution in [0.2, 0.25) is 0 Å². The van der Waals surface area contributed by atoms with Gasteiger partial charge in [-0.25, -0.2) is 9.97 Å². The minimum atomic E-state index is -0.279. The normalized spacial score (nSPS) is 13.1. The predicted octanol–water partition coefficient (Wildman–Crippen LogP) is 4.46. The molecule has 0 radical (unpaired) electrons. The van der Waals surface area contributed by atoms with Crippen LogP contribution in [-0.4, -0.2) is 34.2 Å². The van der Waals surface area contributed by atoms with Gasteiger partial charge in [0.2, 0.25) is 5.91 Å². The molecule has 3 rings (SSSR count). The number of rotatable bonds is 8. The standard InChI is InChI=1S/C22H26N4OS/c1-4-23-20-18-12-8-9-13-19(18)25-22(26-20)28-16(3)21(27)24-14-15(2)17-10-6-5-7-11-17/h5-13,15-16H,4,14H2,1-3H3,(H,24,27)(H,23,25,26). The molecule has 0 aliphatic rings. The van der Waals surface area contributed by atoms with Crippen molar-refractivity contribution in [3.05, 3.63) is 60.2 Å². The third kappa shape index (κ3) is 5.01. The van der Waals surface area contributed by atoms with Gasteiger partial charge in [0.1, 0.15) is 5.82 Å². The highest BCUT2D eigenvalue weighted by Gasteiger charge is 2.18. The number of amides is 1. The number of aromatic nitrogens is 2. The minimum absolute atomic E-state index is 0.00506. The Kier molecular flexibility index (Phi) is 6.87. The Balaban J connectivity index is 1.65. The number of fused-ring (bicyclic) bond motifs is 1. The maximum Gasteiger partial charge on any atom is 0.233 e. The molecule has 2 N–H and O–H groups in total. The number of thioether (sulfide) groups is 1. The lowest BCUT2D eigenvalue weighted by Crippen LogP contribution is -2.33. The molecule has 0 saturated carbocycles. The molecule has 1 amide bonds. The van der Waals surface area contributed by atoms with E-state index in [2.05, 4.69) is 39.7 Å². The van der Waals surface area contributed by atoms with Gasteiger partial charge in [-0.1, -0.05) is 61.2 Å². The first-order valence-electron chi connectivity index (χ1n) is 9.58. The highest BCUT2D eigenvalue weighted by atomic mass is 32.2. The quantitative estimate of drug-likeness (QED) is 0.436. The number of nitrogens with zero attached hydrogens (tertiary/aromatic N) is 2. The predicted molar refractivity (Wildman–Crippen MR) is 117 cm³/mol. The third-order valence-electron chi connectivity index (χ3n) is 4.53. The zero-order valence-corrected chi connectivity index (χ0v) is 17.3. The van der Waals surface area contributed by atoms with Crippen LogP contribution < -0.4 is 10.6 Å². The maximum atomic E-state index is 12.6. The van der Waals surface area contributed by atoms with Crippen LogP contribution in [0, 0.1) is 0 Å². The van der Waals surface area contributed by atoms with Gasteiger partial charge >= 0.3 is 0 Å². The number of anilines is 1. The van der Waals surface area contributed by atoms with E-state index in [-0.39, 0.29) is 17.1 Å². The average Bonchev–Trinajstić information content (AvgIpc) is 2.72. The fraction of sp³-hybridized carbons (Fsp3) is 0.318. The largest absolute Gasteiger partial charge is 0.370 e. The molecule has 1 heterocycles. The number of hydrogen-bond donors (Lipinski definition) is 2. The lowest BCUT2D eigenvalue weighted by molar-refractivity contribution is -0.120. The molecule has 0 saturated heterocycles. The van der Waals surface area contributed by atoms with Crippen molar-refractivity contribution in [2.45, 2.75) is 37.1 Å². The third-order valence-corrected chi connectivity index (χ3v) is 5.49. The molecule has 0 bridgehead atoms. The van der Waals surface area contributed by atoms with Gasteiger partial charge in [0.15, 0.2) is 5.16 Å². The van der Waals surface area contributed by atoms with Gasteiger partial charge < -0.3 is 10.6 Å². The molecular formula is C22H26N4OS. The van der Waals surface area contributed by atoms with Crippen molar-refractivity contribution in [2.75, 3.05) is 18.4 Å². The highest BCUT2D eigenvalue weighted by molar-refractivity contribution is 8.00. The monoisotopic (exact) mass is 394 g/mol. The fourth-order valence-electron chi connectivity index (χ4n) is 2.92. The van der Waals surface area contributed by atoms with Crippen LogP contribution in [-0.2, 0) is 4.79 Å². The topological polar surface area (TPSA) is 66.9 Å². The second-order valence-corrected chi connectivity index (χ2v) is 8.03. The lowest BCUT2D eigenvalue weighted by atomic mass is 10.0. The summed E-state index contributed by atoms with van der Waals surface area (Å²) in [5, 5.41) is 7.65. The Morgan fingerprint density at radius 2 is 1.75 bits per heavy atom. The van der Waals surface area contributed by atoms with Crippen LogP contribution in [0.1, 0.15) is 32.3 Å². The molecule has 6 heteroatoms. The van der Waals surface area contributed by atoms with Gasteiger partial charge in [0, 0.05) is 18.5 Å². The molecule has 0 fully saturated rings. The number of carbonyl (C=O) groups is 1. The highest BCUT2D eigenvalue weighted by Crippen LogP contribution is 2.26. The summed E-state index contributed by atoms with van der Waals surface area (Å²) < 4.78 is 0. The second-order valence-electron chi connectivity index (χ2n) is 6.72. The van der Waals surface area contributed by atoms with Crippen molar-refractivity contribution in [3.8, 4) is 0 Å². The van der Waals surface area contributed by atoms with Crippen LogP contribution in [0.5, 0.6) is 0 Å². The summed E-state index contributed by atoms with van der Waals surface area (Å²) in [6, 6.07) is 18.1. The zero-order chi connectivity index (χ0) is 19.9. The summed E-state index contributed by atoms with van der Waals surface area (Å²) in [6.07, 6.45) is 0. The number of hydrogen-bond acceptors (Lipinski definition) is 5. The van der Waals surface area contributed by atoms with E-state index in [0.717, 1.165) is 23.3 Å². The molecule has 0 aliphatic heterocycles. The Labute approximate surface area is 170 Å². The Hall–Kier alpha value is -2.60. The molecule has 146 valence electrons. The van der Waals surface area contributed by atoms with Crippen molar-refractivity contribution >= 4 is 34.4 Å². The van der Waals surface area contributed by atoms with E-state index in [1.165, 1.54) is 17.3 Å². The maximum absolute atomic E-state index is 12.6. The van der Waals surface area contributed by atoms with Crippen LogP contribution >= 0.6 is 11.8 Å². The Bertz CT molecular complexity index is 932. The first-order chi connectivity index (χ1) is 13.6. The van der Waals surface area contributed by atoms with Crippen LogP contribution in [0.25, 0.3) is 10.9 Å². The van der Waals surface area contributed by atoms with Gasteiger partial charge in [0.25, 0.3) is 0 Å². The van der Waals surface area contributed by atoms with Gasteiger partial charge in [-0.3, -0.25) is 4.79 Å². The molecule has 0 aliphatic carbocycles. The van der Waals surface area contributed by atoms with Crippen LogP contribution in [0.15, 0.2) is 59.8 Å². The zero-order valence-electron chi connectivity index (χ0n) is 16.5. The molecular weight excluding hydrogens is 368 g/mol. The smallest absolute Gasteiger partial charge is 0.233 e. The summed E-state index contributed by atoms with van der Waals surface area (Å²) in [5.41, 5.74) is 2.09. The number of para-hydroxylation sites is 1. The van der Waals surface area contributed by atoms with Crippen molar-refractivity contribution in [1.29, 1.82) is 0 Å². The number of carbonyl (C=O) groups excluding carboxylic acids is 1. The van der Waals surface area contributed by atoms with E-state index in [9.17, 15) is 4.79 Å². The van der Waals surface area contributed by atoms with Crippen molar-refractivity contribution in [3.63, 3.8) is 0 Å². The van der Waals surface area contributed by atoms with E-state index >= 15 is 0 Å². The molecule has 3 aromatic rings. The minimum Gasteiger partial charge on any atom is -0.370 e. The first-order valence-corrected chi connectivity index (χ1v) is 10.5. The van der Waals surface area contributed by atoms with E-state index < -0.39 is 0 Å². The lowest BCUT2D eigenvalue weighted by Gasteiger charge is -2.16. The SMILES string of the molecule is CCNc1nc(SC(C)C(=O)NCC(C)c2ccccc2)nc2ccccc12. The molecule has 5 nitrogen and oxygen atoms in total. The van der Waals surface area contributed by atoms with E-state index in [1.54, 1.807) is 0 Å². The molecule has 1 aromatic heterocycles. The van der Waals surface area contributed by atoms with Gasteiger partial charge in [-0.15, -0.1) is 0 Å². The van der Waals surface area contributed by atoms with Gasteiger partial charge in [-0.05, 0) is 37.5 Å². The molecule has 0 spiro atoms. The van der Waals surface area contributed by atoms with Crippen molar-refractivity contribution in [2.24, 2.45) is 0 Å². The van der Waals surface area contributed by atoms with E-state index in [0.29, 0.717) is 11.7 Å². The average molecular weight is 395 g/mol. The van der Waals surface area contributed by atoms with Crippen LogP contribution in [0.3, 0.4) is 0 Å². The molecule has 2 aromatic carbocycles. The fourth-order valence-corrected chi connectivity index (χ4v) is 3.72. The summed E-state index contributed by atoms with van der Waals surface area (Å²) in [5.74, 6) is 1.06. The Morgan fingerprint density at radius 3 is 2.50 bits per heavy atom. The summed E-state index contributed by atoms with van der Waals surface area (Å²) in [4.78, 5) is 21.8. The van der Waals surface area contributed by atoms with E-state index in [1.807, 2.05) is 56.3 Å². The number of nitrogens with one attached hydrogen (secondary N) is 2. The number of benzene rings is 2. The second kappa shape index (κ2) is 9.55. The summed E-state index contributed by atoms with van der Waals surface area (Å²) >= 11 is 1.38. The molecule has 2 atom stereocenters. The summed E-state index contributed by atoms with van der Waals surface area (Å²) in [6.45, 7) is 7.42. The van der Waals surface area contributed by atoms with Crippen molar-refractivity contribution in [1.82, 2.24) is 15.3 Å². The van der Waals surface area contributed by atoms with E-state index in [4.69, 9.17) is 0 Å². The summed E-state index contributed by atoms with van der Waals surface area (Å²) in [7, 11) is 0. The van der Waals surface area contributed by atoms with Gasteiger partial charge in [0.05, 0.1) is 10.8 Å². The van der Waals surface area contributed by atoms with Gasteiger partial charge in [-0.2, -0.15) is 0 Å². The first kappa shape index (κ1) is 20.1.